The average Bonchev–Trinajstić information content (AvgIpc) is 2.84. The minimum atomic E-state index is -0.457. The standard InChI is InChI=1S/C14H14FNO3/c1-18-14-11-5-9(15)3-2-8(11)4-12(16-14)13-6-10(17)7-19-13/h2-5,10,13,17H,6-7H2,1H3. The van der Waals surface area contributed by atoms with Crippen LogP contribution in [0.2, 0.25) is 0 Å². The van der Waals surface area contributed by atoms with Crippen molar-refractivity contribution in [1.82, 2.24) is 4.98 Å². The van der Waals surface area contributed by atoms with Crippen LogP contribution in [0.4, 0.5) is 4.39 Å². The molecule has 5 heteroatoms. The molecule has 100 valence electrons. The molecule has 1 aromatic heterocycles. The van der Waals surface area contributed by atoms with E-state index in [0.717, 1.165) is 5.39 Å². The highest BCUT2D eigenvalue weighted by Gasteiger charge is 2.27. The molecule has 0 spiro atoms. The number of benzene rings is 1. The predicted molar refractivity (Wildman–Crippen MR) is 67.6 cm³/mol. The van der Waals surface area contributed by atoms with Gasteiger partial charge in [0.25, 0.3) is 0 Å². The first-order valence-electron chi connectivity index (χ1n) is 6.11. The zero-order valence-corrected chi connectivity index (χ0v) is 10.5. The fraction of sp³-hybridized carbons (Fsp3) is 0.357. The smallest absolute Gasteiger partial charge is 0.221 e. The van der Waals surface area contributed by atoms with Gasteiger partial charge in [0.2, 0.25) is 5.88 Å². The molecule has 2 unspecified atom stereocenters. The molecule has 2 atom stereocenters. The Morgan fingerprint density at radius 2 is 2.26 bits per heavy atom. The molecule has 0 bridgehead atoms. The minimum absolute atomic E-state index is 0.238. The van der Waals surface area contributed by atoms with Crippen molar-refractivity contribution in [2.75, 3.05) is 13.7 Å². The highest BCUT2D eigenvalue weighted by atomic mass is 19.1. The molecule has 0 amide bonds. The molecular weight excluding hydrogens is 249 g/mol. The number of hydrogen-bond donors (Lipinski definition) is 1. The number of rotatable bonds is 2. The van der Waals surface area contributed by atoms with Crippen LogP contribution in [0.15, 0.2) is 24.3 Å². The first kappa shape index (κ1) is 12.3. The molecule has 1 saturated heterocycles. The van der Waals surface area contributed by atoms with E-state index in [2.05, 4.69) is 4.98 Å². The van der Waals surface area contributed by atoms with Gasteiger partial charge in [-0.1, -0.05) is 6.07 Å². The molecule has 0 saturated carbocycles. The molecule has 4 nitrogen and oxygen atoms in total. The van der Waals surface area contributed by atoms with Crippen LogP contribution in [-0.4, -0.2) is 29.9 Å². The van der Waals surface area contributed by atoms with E-state index in [1.165, 1.54) is 19.2 Å². The SMILES string of the molecule is COc1nc(C2CC(O)CO2)cc2ccc(F)cc12. The van der Waals surface area contributed by atoms with Gasteiger partial charge in [0.1, 0.15) is 11.9 Å². The van der Waals surface area contributed by atoms with Crippen LogP contribution in [0.1, 0.15) is 18.2 Å². The number of methoxy groups -OCH3 is 1. The molecule has 1 aliphatic heterocycles. The quantitative estimate of drug-likeness (QED) is 0.902. The van der Waals surface area contributed by atoms with E-state index in [0.29, 0.717) is 30.0 Å². The number of aliphatic hydroxyl groups is 1. The summed E-state index contributed by atoms with van der Waals surface area (Å²) in [6.07, 6.45) is -0.178. The summed E-state index contributed by atoms with van der Waals surface area (Å²) in [7, 11) is 1.50. The minimum Gasteiger partial charge on any atom is -0.481 e. The van der Waals surface area contributed by atoms with Crippen molar-refractivity contribution in [2.45, 2.75) is 18.6 Å². The fourth-order valence-electron chi connectivity index (χ4n) is 2.35. The monoisotopic (exact) mass is 263 g/mol. The van der Waals surface area contributed by atoms with Crippen molar-refractivity contribution in [1.29, 1.82) is 0 Å². The lowest BCUT2D eigenvalue weighted by Gasteiger charge is -2.12. The Morgan fingerprint density at radius 3 is 2.95 bits per heavy atom. The van der Waals surface area contributed by atoms with Crippen LogP contribution in [0.5, 0.6) is 5.88 Å². The Bertz CT molecular complexity index is 617. The lowest BCUT2D eigenvalue weighted by Crippen LogP contribution is -2.04. The van der Waals surface area contributed by atoms with Gasteiger partial charge in [0.15, 0.2) is 0 Å². The predicted octanol–water partition coefficient (Wildman–Crippen LogP) is 2.20. The maximum Gasteiger partial charge on any atom is 0.221 e. The molecule has 1 aliphatic rings. The molecule has 2 heterocycles. The molecule has 1 aromatic carbocycles. The summed E-state index contributed by atoms with van der Waals surface area (Å²) < 4.78 is 24.0. The molecule has 3 rings (SSSR count). The van der Waals surface area contributed by atoms with Crippen molar-refractivity contribution in [3.05, 3.63) is 35.8 Å². The zero-order chi connectivity index (χ0) is 13.4. The third-order valence-corrected chi connectivity index (χ3v) is 3.28. The van der Waals surface area contributed by atoms with E-state index in [4.69, 9.17) is 9.47 Å². The van der Waals surface area contributed by atoms with Gasteiger partial charge in [-0.3, -0.25) is 0 Å². The second-order valence-corrected chi connectivity index (χ2v) is 4.63. The summed E-state index contributed by atoms with van der Waals surface area (Å²) in [5, 5.41) is 11.0. The lowest BCUT2D eigenvalue weighted by molar-refractivity contribution is 0.0866. The van der Waals surface area contributed by atoms with Gasteiger partial charge >= 0.3 is 0 Å². The first-order chi connectivity index (χ1) is 9.17. The zero-order valence-electron chi connectivity index (χ0n) is 10.5. The van der Waals surface area contributed by atoms with Gasteiger partial charge in [-0.15, -0.1) is 0 Å². The van der Waals surface area contributed by atoms with E-state index in [-0.39, 0.29) is 11.9 Å². The van der Waals surface area contributed by atoms with Crippen molar-refractivity contribution >= 4 is 10.8 Å². The van der Waals surface area contributed by atoms with Crippen LogP contribution in [0.25, 0.3) is 10.8 Å². The molecule has 0 aliphatic carbocycles. The topological polar surface area (TPSA) is 51.6 Å². The Morgan fingerprint density at radius 1 is 1.42 bits per heavy atom. The second-order valence-electron chi connectivity index (χ2n) is 4.63. The number of pyridine rings is 1. The van der Waals surface area contributed by atoms with Crippen molar-refractivity contribution in [2.24, 2.45) is 0 Å². The van der Waals surface area contributed by atoms with Gasteiger partial charge in [0.05, 0.1) is 25.5 Å². The summed E-state index contributed by atoms with van der Waals surface area (Å²) >= 11 is 0. The number of nitrogens with zero attached hydrogens (tertiary/aromatic N) is 1. The largest absolute Gasteiger partial charge is 0.481 e. The normalized spacial score (nSPS) is 22.9. The van der Waals surface area contributed by atoms with E-state index < -0.39 is 6.10 Å². The number of hydrogen-bond acceptors (Lipinski definition) is 4. The lowest BCUT2D eigenvalue weighted by atomic mass is 10.1. The van der Waals surface area contributed by atoms with E-state index in [9.17, 15) is 9.50 Å². The van der Waals surface area contributed by atoms with Crippen LogP contribution < -0.4 is 4.74 Å². The fourth-order valence-corrected chi connectivity index (χ4v) is 2.35. The van der Waals surface area contributed by atoms with E-state index in [1.54, 1.807) is 6.07 Å². The molecule has 1 fully saturated rings. The third-order valence-electron chi connectivity index (χ3n) is 3.28. The number of ether oxygens (including phenoxy) is 2. The summed E-state index contributed by atoms with van der Waals surface area (Å²) in [6.45, 7) is 0.316. The van der Waals surface area contributed by atoms with E-state index in [1.807, 2.05) is 6.07 Å². The first-order valence-corrected chi connectivity index (χ1v) is 6.11. The molecule has 1 N–H and O–H groups in total. The summed E-state index contributed by atoms with van der Waals surface area (Å²) in [5.74, 6) is 0.0462. The Hall–Kier alpha value is -1.72. The molecule has 19 heavy (non-hydrogen) atoms. The van der Waals surface area contributed by atoms with Gasteiger partial charge in [0, 0.05) is 11.8 Å². The Kier molecular flexibility index (Phi) is 3.08. The van der Waals surface area contributed by atoms with E-state index >= 15 is 0 Å². The number of aliphatic hydroxyl groups excluding tert-OH is 1. The van der Waals surface area contributed by atoms with Gasteiger partial charge in [-0.25, -0.2) is 9.37 Å². The van der Waals surface area contributed by atoms with Crippen molar-refractivity contribution in [3.63, 3.8) is 0 Å². The van der Waals surface area contributed by atoms with Crippen LogP contribution in [-0.2, 0) is 4.74 Å². The van der Waals surface area contributed by atoms with Crippen LogP contribution in [0.3, 0.4) is 0 Å². The number of fused-ring (bicyclic) bond motifs is 1. The Labute approximate surface area is 109 Å². The maximum absolute atomic E-state index is 13.3. The highest BCUT2D eigenvalue weighted by Crippen LogP contribution is 2.33. The maximum atomic E-state index is 13.3. The molecular formula is C14H14FNO3. The van der Waals surface area contributed by atoms with Gasteiger partial charge < -0.3 is 14.6 Å². The number of halogens is 1. The van der Waals surface area contributed by atoms with Gasteiger partial charge in [-0.2, -0.15) is 0 Å². The molecule has 2 aromatic rings. The van der Waals surface area contributed by atoms with Crippen molar-refractivity contribution < 1.29 is 19.0 Å². The average molecular weight is 263 g/mol. The highest BCUT2D eigenvalue weighted by molar-refractivity contribution is 5.87. The van der Waals surface area contributed by atoms with Crippen molar-refractivity contribution in [3.8, 4) is 5.88 Å². The Balaban J connectivity index is 2.09. The second kappa shape index (κ2) is 4.75. The summed E-state index contributed by atoms with van der Waals surface area (Å²) in [6, 6.07) is 6.33. The summed E-state index contributed by atoms with van der Waals surface area (Å²) in [5.41, 5.74) is 0.701. The summed E-state index contributed by atoms with van der Waals surface area (Å²) in [4.78, 5) is 4.35. The third kappa shape index (κ3) is 2.27. The van der Waals surface area contributed by atoms with Gasteiger partial charge in [-0.05, 0) is 23.6 Å². The van der Waals surface area contributed by atoms with Crippen LogP contribution >= 0.6 is 0 Å². The number of aromatic nitrogens is 1. The molecule has 0 radical (unpaired) electrons. The van der Waals surface area contributed by atoms with Crippen LogP contribution in [0, 0.1) is 5.82 Å².